The molecule has 3 aromatic rings. The van der Waals surface area contributed by atoms with Crippen molar-refractivity contribution in [1.29, 1.82) is 21.0 Å². The zero-order valence-electron chi connectivity index (χ0n) is 16.9. The van der Waals surface area contributed by atoms with Crippen LogP contribution in [-0.4, -0.2) is 9.97 Å². The van der Waals surface area contributed by atoms with E-state index in [9.17, 15) is 56.2 Å². The second kappa shape index (κ2) is 9.49. The van der Waals surface area contributed by atoms with Crippen molar-refractivity contribution >= 4 is 11.1 Å². The third-order valence-electron chi connectivity index (χ3n) is 4.68. The first kappa shape index (κ1) is 25.3. The van der Waals surface area contributed by atoms with Gasteiger partial charge >= 0.3 is 0 Å². The molecule has 0 aliphatic rings. The maximum absolute atomic E-state index is 14.6. The molecule has 2 aromatic heterocycles. The maximum atomic E-state index is 14.6. The Balaban J connectivity index is 2.81. The number of hydrogen-bond acceptors (Lipinski definition) is 6. The highest BCUT2D eigenvalue weighted by Crippen LogP contribution is 2.30. The molecule has 1 aromatic carbocycles. The topological polar surface area (TPSA) is 121 Å². The van der Waals surface area contributed by atoms with Crippen LogP contribution in [0.3, 0.4) is 0 Å². The fraction of sp³-hybridized carbons (Fsp3) is 0. The average molecular weight is 502 g/mol. The van der Waals surface area contributed by atoms with Gasteiger partial charge in [0, 0.05) is 10.4 Å². The highest BCUT2D eigenvalue weighted by Gasteiger charge is 2.27. The first-order valence-corrected chi connectivity index (χ1v) is 8.96. The molecule has 0 radical (unpaired) electrons. The number of pyridine rings is 2. The van der Waals surface area contributed by atoms with Crippen LogP contribution < -0.4 is 10.4 Å². The molecule has 0 atom stereocenters. The van der Waals surface area contributed by atoms with Crippen LogP contribution in [0.4, 0.5) is 35.1 Å². The predicted octanol–water partition coefficient (Wildman–Crippen LogP) is 3.32. The molecular formula is C22H2F8N6. The van der Waals surface area contributed by atoms with Gasteiger partial charge in [-0.2, -0.15) is 48.6 Å². The van der Waals surface area contributed by atoms with Crippen LogP contribution in [0.2, 0.25) is 0 Å². The molecule has 2 heterocycles. The second-order valence-electron chi connectivity index (χ2n) is 6.53. The summed E-state index contributed by atoms with van der Waals surface area (Å²) in [5.41, 5.74) is -7.34. The monoisotopic (exact) mass is 502 g/mol. The van der Waals surface area contributed by atoms with Crippen molar-refractivity contribution < 1.29 is 35.1 Å². The van der Waals surface area contributed by atoms with Crippen LogP contribution in [0.25, 0.3) is 33.4 Å². The van der Waals surface area contributed by atoms with Crippen molar-refractivity contribution in [3.63, 3.8) is 0 Å². The van der Waals surface area contributed by atoms with Gasteiger partial charge in [0.15, 0.2) is 23.3 Å². The molecule has 14 heteroatoms. The van der Waals surface area contributed by atoms with Crippen molar-refractivity contribution in [2.45, 2.75) is 0 Å². The quantitative estimate of drug-likeness (QED) is 0.392. The van der Waals surface area contributed by atoms with E-state index in [1.165, 1.54) is 24.3 Å². The third-order valence-corrected chi connectivity index (χ3v) is 4.68. The van der Waals surface area contributed by atoms with E-state index in [4.69, 9.17) is 0 Å². The van der Waals surface area contributed by atoms with Gasteiger partial charge in [0.25, 0.3) is 23.8 Å². The molecule has 0 saturated heterocycles. The number of halogens is 8. The summed E-state index contributed by atoms with van der Waals surface area (Å²) in [6, 6.07) is 5.88. The zero-order valence-corrected chi connectivity index (χ0v) is 16.9. The fourth-order valence-electron chi connectivity index (χ4n) is 3.16. The van der Waals surface area contributed by atoms with Gasteiger partial charge < -0.3 is 0 Å². The zero-order chi connectivity index (χ0) is 26.9. The molecule has 0 amide bonds. The van der Waals surface area contributed by atoms with Gasteiger partial charge in [-0.15, -0.1) is 0 Å². The lowest BCUT2D eigenvalue weighted by Gasteiger charge is -2.13. The second-order valence-corrected chi connectivity index (χ2v) is 6.53. The van der Waals surface area contributed by atoms with Gasteiger partial charge in [-0.05, 0) is 23.3 Å². The number of benzene rings is 1. The molecule has 0 spiro atoms. The van der Waals surface area contributed by atoms with Gasteiger partial charge in [-0.3, -0.25) is 0 Å². The number of nitrogens with zero attached hydrogens (tertiary/aromatic N) is 6. The maximum Gasteiger partial charge on any atom is 0.252 e. The lowest BCUT2D eigenvalue weighted by atomic mass is 9.92. The van der Waals surface area contributed by atoms with E-state index in [0.29, 0.717) is 12.1 Å². The van der Waals surface area contributed by atoms with Gasteiger partial charge in [-0.1, -0.05) is 0 Å². The van der Waals surface area contributed by atoms with Crippen molar-refractivity contribution in [2.75, 3.05) is 0 Å². The minimum Gasteiger partial charge on any atom is -0.201 e. The summed E-state index contributed by atoms with van der Waals surface area (Å²) in [7, 11) is 0. The molecular weight excluding hydrogens is 500 g/mol. The SMILES string of the molecule is N#CC(C#N)=c1cc(-c2c(F)c(F)nc(F)c2F)c(=C(C#N)C#N)cc1-c1c(F)c(F)nc(F)c1F. The predicted molar refractivity (Wildman–Crippen MR) is 101 cm³/mol. The number of rotatable bonds is 2. The molecule has 0 fully saturated rings. The largest absolute Gasteiger partial charge is 0.252 e. The molecule has 0 aliphatic carbocycles. The Morgan fingerprint density at radius 1 is 0.500 bits per heavy atom. The summed E-state index contributed by atoms with van der Waals surface area (Å²) >= 11 is 0. The molecule has 36 heavy (non-hydrogen) atoms. The normalized spacial score (nSPS) is 10.1. The standard InChI is InChI=1S/C22H2F8N6/c23-15-13(16(24)20(28)35-19(15)27)11-1-9(7(3-31)4-32)12(2-10(11)8(5-33)6-34)14-17(25)21(29)36-22(30)18(14)26/h1-2H. The smallest absolute Gasteiger partial charge is 0.201 e. The van der Waals surface area contributed by atoms with Crippen molar-refractivity contribution in [1.82, 2.24) is 9.97 Å². The lowest BCUT2D eigenvalue weighted by Crippen LogP contribution is -2.22. The van der Waals surface area contributed by atoms with Gasteiger partial charge in [0.2, 0.25) is 0 Å². The third kappa shape index (κ3) is 3.93. The Morgan fingerprint density at radius 2 is 0.750 bits per heavy atom. The van der Waals surface area contributed by atoms with E-state index in [1.807, 2.05) is 0 Å². The minimum absolute atomic E-state index is 0.386. The molecule has 0 saturated carbocycles. The number of hydrogen-bond donors (Lipinski definition) is 0. The summed E-state index contributed by atoms with van der Waals surface area (Å²) in [4.78, 5) is 4.70. The van der Waals surface area contributed by atoms with Crippen LogP contribution in [0.5, 0.6) is 0 Å². The summed E-state index contributed by atoms with van der Waals surface area (Å²) in [6.45, 7) is 0. The van der Waals surface area contributed by atoms with Crippen molar-refractivity contribution in [2.24, 2.45) is 0 Å². The van der Waals surface area contributed by atoms with Crippen molar-refractivity contribution in [3.8, 4) is 46.5 Å². The highest BCUT2D eigenvalue weighted by atomic mass is 19.2. The Bertz CT molecular complexity index is 1560. The van der Waals surface area contributed by atoms with E-state index in [-0.39, 0.29) is 0 Å². The van der Waals surface area contributed by atoms with Crippen LogP contribution in [0, 0.1) is 92.4 Å². The van der Waals surface area contributed by atoms with Crippen LogP contribution in [0.15, 0.2) is 12.1 Å². The van der Waals surface area contributed by atoms with Crippen LogP contribution >= 0.6 is 0 Å². The van der Waals surface area contributed by atoms with Crippen LogP contribution in [-0.2, 0) is 0 Å². The van der Waals surface area contributed by atoms with E-state index in [0.717, 1.165) is 0 Å². The van der Waals surface area contributed by atoms with E-state index in [1.54, 1.807) is 0 Å². The Morgan fingerprint density at radius 3 is 0.972 bits per heavy atom. The van der Waals surface area contributed by atoms with Gasteiger partial charge in [0.1, 0.15) is 35.4 Å². The lowest BCUT2D eigenvalue weighted by molar-refractivity contribution is 0.410. The van der Waals surface area contributed by atoms with E-state index >= 15 is 0 Å². The molecule has 0 N–H and O–H groups in total. The summed E-state index contributed by atoms with van der Waals surface area (Å²) in [5, 5.41) is 35.3. The summed E-state index contributed by atoms with van der Waals surface area (Å²) in [6.07, 6.45) is 0. The van der Waals surface area contributed by atoms with E-state index in [2.05, 4.69) is 9.97 Å². The number of nitriles is 4. The minimum atomic E-state index is -2.17. The molecule has 0 aliphatic heterocycles. The first-order chi connectivity index (χ1) is 17.0. The fourth-order valence-corrected chi connectivity index (χ4v) is 3.16. The van der Waals surface area contributed by atoms with Gasteiger partial charge in [0.05, 0.1) is 11.1 Å². The molecule has 0 bridgehead atoms. The Kier molecular flexibility index (Phi) is 6.67. The summed E-state index contributed by atoms with van der Waals surface area (Å²) < 4.78 is 113. The first-order valence-electron chi connectivity index (χ1n) is 8.96. The number of aromatic nitrogens is 2. The average Bonchev–Trinajstić information content (AvgIpc) is 2.85. The molecule has 6 nitrogen and oxygen atoms in total. The van der Waals surface area contributed by atoms with Crippen molar-refractivity contribution in [3.05, 3.63) is 69.6 Å². The van der Waals surface area contributed by atoms with E-state index < -0.39 is 90.9 Å². The molecule has 3 rings (SSSR count). The molecule has 0 unspecified atom stereocenters. The van der Waals surface area contributed by atoms with Crippen LogP contribution in [0.1, 0.15) is 0 Å². The Hall–Kier alpha value is -5.34. The highest BCUT2D eigenvalue weighted by molar-refractivity contribution is 5.85. The van der Waals surface area contributed by atoms with Gasteiger partial charge in [-0.25, -0.2) is 17.6 Å². The molecule has 176 valence electrons. The Labute approximate surface area is 194 Å². The summed E-state index contributed by atoms with van der Waals surface area (Å²) in [5.74, 6) is -17.2.